The number of sulfonamides is 1. The van der Waals surface area contributed by atoms with Crippen molar-refractivity contribution in [3.63, 3.8) is 0 Å². The van der Waals surface area contributed by atoms with Crippen molar-refractivity contribution in [1.82, 2.24) is 24.4 Å². The molecule has 1 N–H and O–H groups in total. The Balaban J connectivity index is 1.76. The molecule has 0 bridgehead atoms. The smallest absolute Gasteiger partial charge is 0.209 e. The average Bonchev–Trinajstić information content (AvgIpc) is 2.87. The Morgan fingerprint density at radius 2 is 1.85 bits per heavy atom. The summed E-state index contributed by atoms with van der Waals surface area (Å²) in [6.45, 7) is 7.45. The van der Waals surface area contributed by atoms with Gasteiger partial charge in [0, 0.05) is 32.6 Å². The van der Waals surface area contributed by atoms with E-state index in [-0.39, 0.29) is 12.0 Å². The van der Waals surface area contributed by atoms with Crippen molar-refractivity contribution in [3.8, 4) is 0 Å². The van der Waals surface area contributed by atoms with Gasteiger partial charge in [-0.15, -0.1) is 10.2 Å². The molecule has 2 aromatic rings. The summed E-state index contributed by atoms with van der Waals surface area (Å²) in [5.74, 6) is 1.72. The maximum absolute atomic E-state index is 11.8. The molecule has 0 spiro atoms. The van der Waals surface area contributed by atoms with Gasteiger partial charge in [0.05, 0.1) is 12.3 Å². The van der Waals surface area contributed by atoms with Crippen LogP contribution in [0.1, 0.15) is 37.1 Å². The number of rotatable bonds is 6. The lowest BCUT2D eigenvalue weighted by Crippen LogP contribution is -2.33. The van der Waals surface area contributed by atoms with E-state index in [1.165, 1.54) is 11.8 Å². The van der Waals surface area contributed by atoms with Gasteiger partial charge in [-0.05, 0) is 11.5 Å². The summed E-state index contributed by atoms with van der Waals surface area (Å²) in [7, 11) is -3.32. The molecule has 0 radical (unpaired) electrons. The second-order valence-corrected chi connectivity index (χ2v) is 9.03. The molecule has 7 nitrogen and oxygen atoms in total. The molecule has 0 fully saturated rings. The van der Waals surface area contributed by atoms with Crippen LogP contribution in [0.2, 0.25) is 0 Å². The lowest BCUT2D eigenvalue weighted by molar-refractivity contribution is 0.269. The second kappa shape index (κ2) is 7.85. The van der Waals surface area contributed by atoms with E-state index in [0.29, 0.717) is 5.82 Å². The molecular formula is C18H27N5O2S. The van der Waals surface area contributed by atoms with Crippen LogP contribution in [0, 0.1) is 5.92 Å². The first-order chi connectivity index (χ1) is 12.3. The Labute approximate surface area is 155 Å². The van der Waals surface area contributed by atoms with E-state index in [1.807, 2.05) is 19.9 Å². The molecule has 1 aromatic carbocycles. The van der Waals surface area contributed by atoms with Crippen molar-refractivity contribution < 1.29 is 8.42 Å². The van der Waals surface area contributed by atoms with Crippen molar-refractivity contribution in [2.45, 2.75) is 39.4 Å². The summed E-state index contributed by atoms with van der Waals surface area (Å²) in [6, 6.07) is 10.1. The molecule has 2 heterocycles. The van der Waals surface area contributed by atoms with Crippen LogP contribution in [0.3, 0.4) is 0 Å². The van der Waals surface area contributed by atoms with Crippen LogP contribution in [-0.4, -0.2) is 47.4 Å². The second-order valence-electron chi connectivity index (χ2n) is 7.25. The van der Waals surface area contributed by atoms with Gasteiger partial charge in [0.15, 0.2) is 5.82 Å². The van der Waals surface area contributed by atoms with Gasteiger partial charge in [0.1, 0.15) is 5.82 Å². The Bertz CT molecular complexity index is 833. The Morgan fingerprint density at radius 3 is 2.50 bits per heavy atom. The number of hydrogen-bond acceptors (Lipinski definition) is 5. The third-order valence-corrected chi connectivity index (χ3v) is 5.36. The van der Waals surface area contributed by atoms with Gasteiger partial charge in [-0.1, -0.05) is 44.2 Å². The number of nitrogens with zero attached hydrogens (tertiary/aromatic N) is 4. The molecule has 3 rings (SSSR count). The van der Waals surface area contributed by atoms with Gasteiger partial charge in [0.2, 0.25) is 10.0 Å². The number of aromatic nitrogens is 3. The topological polar surface area (TPSA) is 80.1 Å². The van der Waals surface area contributed by atoms with Gasteiger partial charge >= 0.3 is 0 Å². The molecule has 1 aliphatic heterocycles. The third-order valence-electron chi connectivity index (χ3n) is 4.68. The molecule has 0 amide bonds. The molecule has 1 aliphatic rings. The minimum Gasteiger partial charge on any atom is -0.312 e. The van der Waals surface area contributed by atoms with E-state index < -0.39 is 10.0 Å². The van der Waals surface area contributed by atoms with E-state index in [9.17, 15) is 8.42 Å². The van der Waals surface area contributed by atoms with Crippen LogP contribution in [0.25, 0.3) is 0 Å². The highest BCUT2D eigenvalue weighted by molar-refractivity contribution is 7.88. The summed E-state index contributed by atoms with van der Waals surface area (Å²) in [4.78, 5) is 2.40. The van der Waals surface area contributed by atoms with E-state index in [0.717, 1.165) is 38.4 Å². The van der Waals surface area contributed by atoms with Crippen LogP contribution in [0.15, 0.2) is 30.3 Å². The van der Waals surface area contributed by atoms with Crippen LogP contribution in [0.4, 0.5) is 0 Å². The van der Waals surface area contributed by atoms with Gasteiger partial charge in [-0.25, -0.2) is 13.1 Å². The summed E-state index contributed by atoms with van der Waals surface area (Å²) < 4.78 is 28.3. The van der Waals surface area contributed by atoms with E-state index >= 15 is 0 Å². The van der Waals surface area contributed by atoms with Gasteiger partial charge in [-0.3, -0.25) is 4.90 Å². The van der Waals surface area contributed by atoms with Crippen LogP contribution >= 0.6 is 0 Å². The Kier molecular flexibility index (Phi) is 5.74. The molecule has 142 valence electrons. The highest BCUT2D eigenvalue weighted by Crippen LogP contribution is 2.23. The minimum absolute atomic E-state index is 0.0849. The Morgan fingerprint density at radius 1 is 1.12 bits per heavy atom. The minimum atomic E-state index is -3.32. The molecule has 0 aliphatic carbocycles. The average molecular weight is 378 g/mol. The van der Waals surface area contributed by atoms with Gasteiger partial charge < -0.3 is 4.57 Å². The first-order valence-corrected chi connectivity index (χ1v) is 10.9. The van der Waals surface area contributed by atoms with Crippen molar-refractivity contribution in [2.75, 3.05) is 19.3 Å². The number of benzene rings is 1. The highest BCUT2D eigenvalue weighted by atomic mass is 32.2. The van der Waals surface area contributed by atoms with E-state index in [1.54, 1.807) is 0 Å². The molecule has 1 unspecified atom stereocenters. The number of fused-ring (bicyclic) bond motifs is 1. The maximum atomic E-state index is 11.8. The molecule has 0 saturated carbocycles. The fourth-order valence-electron chi connectivity index (χ4n) is 3.34. The summed E-state index contributed by atoms with van der Waals surface area (Å²) in [5.41, 5.74) is 1.30. The predicted octanol–water partition coefficient (Wildman–Crippen LogP) is 1.58. The van der Waals surface area contributed by atoms with E-state index in [4.69, 9.17) is 0 Å². The largest absolute Gasteiger partial charge is 0.312 e. The van der Waals surface area contributed by atoms with Crippen molar-refractivity contribution >= 4 is 10.0 Å². The first kappa shape index (κ1) is 19.0. The molecule has 1 aromatic heterocycles. The van der Waals surface area contributed by atoms with Gasteiger partial charge in [0.25, 0.3) is 0 Å². The van der Waals surface area contributed by atoms with Crippen LogP contribution in [-0.2, 0) is 29.5 Å². The SMILES string of the molecule is CC(C)C(NS(C)(=O)=O)c1nnc2n1CCN(Cc1ccccc1)CC2. The zero-order valence-electron chi connectivity index (χ0n) is 15.6. The van der Waals surface area contributed by atoms with Crippen molar-refractivity contribution in [1.29, 1.82) is 0 Å². The fraction of sp³-hybridized carbons (Fsp3) is 0.556. The first-order valence-electron chi connectivity index (χ1n) is 8.99. The fourth-order valence-corrected chi connectivity index (χ4v) is 4.18. The third kappa shape index (κ3) is 4.69. The summed E-state index contributed by atoms with van der Waals surface area (Å²) >= 11 is 0. The Hall–Kier alpha value is -1.77. The highest BCUT2D eigenvalue weighted by Gasteiger charge is 2.28. The summed E-state index contributed by atoms with van der Waals surface area (Å²) in [5, 5.41) is 8.66. The predicted molar refractivity (Wildman–Crippen MR) is 101 cm³/mol. The monoisotopic (exact) mass is 377 g/mol. The molecule has 8 heteroatoms. The normalized spacial score (nSPS) is 17.1. The van der Waals surface area contributed by atoms with Crippen LogP contribution in [0.5, 0.6) is 0 Å². The maximum Gasteiger partial charge on any atom is 0.209 e. The number of nitrogens with one attached hydrogen (secondary N) is 1. The quantitative estimate of drug-likeness (QED) is 0.827. The van der Waals surface area contributed by atoms with E-state index in [2.05, 4.69) is 48.7 Å². The molecular weight excluding hydrogens is 350 g/mol. The lowest BCUT2D eigenvalue weighted by atomic mass is 10.1. The lowest BCUT2D eigenvalue weighted by Gasteiger charge is -2.22. The molecule has 1 atom stereocenters. The molecule has 26 heavy (non-hydrogen) atoms. The standard InChI is InChI=1S/C18H27N5O2S/c1-14(2)17(21-26(3,24)25)18-20-19-16-9-10-22(11-12-23(16)18)13-15-7-5-4-6-8-15/h4-8,14,17,21H,9-13H2,1-3H3. The van der Waals surface area contributed by atoms with Crippen LogP contribution < -0.4 is 4.72 Å². The zero-order chi connectivity index (χ0) is 18.7. The number of hydrogen-bond donors (Lipinski definition) is 1. The zero-order valence-corrected chi connectivity index (χ0v) is 16.4. The van der Waals surface area contributed by atoms with Crippen molar-refractivity contribution in [2.24, 2.45) is 5.92 Å². The molecule has 0 saturated heterocycles. The van der Waals surface area contributed by atoms with Gasteiger partial charge in [-0.2, -0.15) is 0 Å². The van der Waals surface area contributed by atoms with Crippen molar-refractivity contribution in [3.05, 3.63) is 47.5 Å². The summed E-state index contributed by atoms with van der Waals surface area (Å²) in [6.07, 6.45) is 1.99.